The number of rotatable bonds is 4. The summed E-state index contributed by atoms with van der Waals surface area (Å²) in [6.07, 6.45) is 7.36. The fourth-order valence-electron chi connectivity index (χ4n) is 5.78. The van der Waals surface area contributed by atoms with Crippen molar-refractivity contribution in [2.45, 2.75) is 58.8 Å². The molecule has 2 aromatic carbocycles. The largest absolute Gasteiger partial charge is 0.492 e. The lowest BCUT2D eigenvalue weighted by Crippen LogP contribution is -2.49. The van der Waals surface area contributed by atoms with E-state index >= 15 is 0 Å². The van der Waals surface area contributed by atoms with E-state index in [1.165, 1.54) is 24.8 Å². The van der Waals surface area contributed by atoms with Gasteiger partial charge in [-0.2, -0.15) is 0 Å². The highest BCUT2D eigenvalue weighted by Gasteiger charge is 2.37. The zero-order valence-electron chi connectivity index (χ0n) is 21.5. The summed E-state index contributed by atoms with van der Waals surface area (Å²) in [5.74, 6) is 1.91. The zero-order chi connectivity index (χ0) is 24.7. The number of piperidine rings is 1. The molecule has 0 N–H and O–H groups in total. The molecular formula is C30H41ClN2O2. The van der Waals surface area contributed by atoms with Crippen LogP contribution >= 0.6 is 11.6 Å². The van der Waals surface area contributed by atoms with Gasteiger partial charge in [0.1, 0.15) is 12.4 Å². The van der Waals surface area contributed by atoms with Crippen LogP contribution in [0.25, 0.3) is 0 Å². The molecule has 0 bridgehead atoms. The summed E-state index contributed by atoms with van der Waals surface area (Å²) in [7, 11) is 0. The molecule has 2 aliphatic rings. The zero-order valence-corrected chi connectivity index (χ0v) is 22.2. The van der Waals surface area contributed by atoms with Crippen LogP contribution in [-0.2, 0) is 17.6 Å². The molecule has 190 valence electrons. The van der Waals surface area contributed by atoms with Crippen molar-refractivity contribution >= 4 is 17.5 Å². The highest BCUT2D eigenvalue weighted by molar-refractivity contribution is 6.30. The van der Waals surface area contributed by atoms with Crippen LogP contribution in [0.4, 0.5) is 0 Å². The summed E-state index contributed by atoms with van der Waals surface area (Å²) in [5, 5.41) is 0.712. The first-order chi connectivity index (χ1) is 16.9. The minimum atomic E-state index is 0.236. The molecule has 4 rings (SSSR count). The Morgan fingerprint density at radius 2 is 1.74 bits per heavy atom. The van der Waals surface area contributed by atoms with E-state index in [0.29, 0.717) is 17.4 Å². The van der Waals surface area contributed by atoms with Crippen molar-refractivity contribution in [1.29, 1.82) is 0 Å². The summed E-state index contributed by atoms with van der Waals surface area (Å²) in [6, 6.07) is 16.2. The number of amides is 1. The normalized spacial score (nSPS) is 19.5. The number of aryl methyl sites for hydroxylation is 1. The Balaban J connectivity index is 1.42. The molecule has 0 unspecified atom stereocenters. The van der Waals surface area contributed by atoms with E-state index in [2.05, 4.69) is 47.9 Å². The predicted molar refractivity (Wildman–Crippen MR) is 144 cm³/mol. The molecule has 1 spiro atoms. The van der Waals surface area contributed by atoms with Crippen molar-refractivity contribution in [3.8, 4) is 5.75 Å². The quantitative estimate of drug-likeness (QED) is 0.501. The molecule has 5 heteroatoms. The van der Waals surface area contributed by atoms with Crippen molar-refractivity contribution in [3.05, 3.63) is 64.7 Å². The molecule has 1 amide bonds. The van der Waals surface area contributed by atoms with Crippen LogP contribution in [0, 0.1) is 11.3 Å². The lowest BCUT2D eigenvalue weighted by Gasteiger charge is -2.45. The Hall–Kier alpha value is -2.04. The Morgan fingerprint density at radius 1 is 1.00 bits per heavy atom. The van der Waals surface area contributed by atoms with Crippen molar-refractivity contribution < 1.29 is 9.53 Å². The molecule has 35 heavy (non-hydrogen) atoms. The molecule has 0 atom stereocenters. The second-order valence-electron chi connectivity index (χ2n) is 11.0. The van der Waals surface area contributed by atoms with Gasteiger partial charge in [-0.25, -0.2) is 0 Å². The lowest BCUT2D eigenvalue weighted by atomic mass is 9.73. The number of ether oxygens (including phenoxy) is 1. The molecular weight excluding hydrogens is 456 g/mol. The molecule has 0 aromatic heterocycles. The number of benzene rings is 2. The number of carbonyl (C=O) groups excluding carboxylic acids is 1. The molecule has 1 saturated heterocycles. The Kier molecular flexibility index (Phi) is 9.13. The number of fused-ring (bicyclic) bond motifs is 1. The number of hydrogen-bond donors (Lipinski definition) is 0. The van der Waals surface area contributed by atoms with Crippen LogP contribution in [0.1, 0.15) is 57.1 Å². The molecule has 0 radical (unpaired) electrons. The first-order valence-electron chi connectivity index (χ1n) is 13.4. The third kappa shape index (κ3) is 7.47. The predicted octanol–water partition coefficient (Wildman–Crippen LogP) is 6.25. The molecule has 2 aliphatic heterocycles. The van der Waals surface area contributed by atoms with Gasteiger partial charge >= 0.3 is 0 Å². The molecule has 4 nitrogen and oxygen atoms in total. The maximum Gasteiger partial charge on any atom is 0.226 e. The van der Waals surface area contributed by atoms with Gasteiger partial charge in [-0.1, -0.05) is 62.2 Å². The monoisotopic (exact) mass is 496 g/mol. The topological polar surface area (TPSA) is 32.8 Å². The Labute approximate surface area is 216 Å². The molecule has 0 saturated carbocycles. The van der Waals surface area contributed by atoms with Gasteiger partial charge in [0.2, 0.25) is 5.91 Å². The third-order valence-electron chi connectivity index (χ3n) is 7.67. The van der Waals surface area contributed by atoms with Crippen molar-refractivity contribution in [3.63, 3.8) is 0 Å². The smallest absolute Gasteiger partial charge is 0.226 e. The number of nitrogens with zero attached hydrogens (tertiary/aromatic N) is 2. The summed E-state index contributed by atoms with van der Waals surface area (Å²) in [6.45, 7) is 10.2. The summed E-state index contributed by atoms with van der Waals surface area (Å²) in [4.78, 5) is 17.7. The standard InChI is InChI=1S/C30H41ClN2O2/c1-24(2)22-32-19-20-35-28-9-4-3-7-26(28)8-5-6-14-30(23-32)15-17-33(18-16-30)29(34)21-25-10-12-27(31)13-11-25/h3-4,7,9-13,24H,5-6,8,14-23H2,1-2H3. The van der Waals surface area contributed by atoms with Crippen LogP contribution in [0.3, 0.4) is 0 Å². The second kappa shape index (κ2) is 12.3. The van der Waals surface area contributed by atoms with E-state index in [1.54, 1.807) is 0 Å². The Bertz CT molecular complexity index is 951. The van der Waals surface area contributed by atoms with E-state index in [4.69, 9.17) is 16.3 Å². The van der Waals surface area contributed by atoms with Crippen LogP contribution in [-0.4, -0.2) is 55.0 Å². The molecule has 1 fully saturated rings. The van der Waals surface area contributed by atoms with Crippen LogP contribution in [0.15, 0.2) is 48.5 Å². The SMILES string of the molecule is CC(C)CN1CCOc2ccccc2CCCCC2(CCN(C(=O)Cc3ccc(Cl)cc3)CC2)C1. The maximum atomic E-state index is 13.0. The Morgan fingerprint density at radius 3 is 2.49 bits per heavy atom. The molecule has 2 aromatic rings. The summed E-state index contributed by atoms with van der Waals surface area (Å²) < 4.78 is 6.26. The third-order valence-corrected chi connectivity index (χ3v) is 7.92. The average molecular weight is 497 g/mol. The molecule has 2 heterocycles. The summed E-state index contributed by atoms with van der Waals surface area (Å²) >= 11 is 6.01. The van der Waals surface area contributed by atoms with Crippen LogP contribution in [0.5, 0.6) is 5.75 Å². The van der Waals surface area contributed by atoms with Gasteiger partial charge in [0, 0.05) is 37.7 Å². The van der Waals surface area contributed by atoms with Gasteiger partial charge in [0.15, 0.2) is 0 Å². The number of halogens is 1. The highest BCUT2D eigenvalue weighted by atomic mass is 35.5. The van der Waals surface area contributed by atoms with Crippen molar-refractivity contribution in [1.82, 2.24) is 9.80 Å². The van der Waals surface area contributed by atoms with Crippen molar-refractivity contribution in [2.24, 2.45) is 11.3 Å². The first-order valence-corrected chi connectivity index (χ1v) is 13.8. The van der Waals surface area contributed by atoms with Gasteiger partial charge < -0.3 is 9.64 Å². The minimum absolute atomic E-state index is 0.236. The fourth-order valence-corrected chi connectivity index (χ4v) is 5.91. The number of likely N-dealkylation sites (tertiary alicyclic amines) is 1. The van der Waals surface area contributed by atoms with E-state index in [1.807, 2.05) is 24.3 Å². The van der Waals surface area contributed by atoms with Gasteiger partial charge in [-0.05, 0) is 72.8 Å². The number of para-hydroxylation sites is 1. The molecule has 0 aliphatic carbocycles. The van der Waals surface area contributed by atoms with Gasteiger partial charge in [-0.15, -0.1) is 0 Å². The maximum absolute atomic E-state index is 13.0. The van der Waals surface area contributed by atoms with E-state index in [9.17, 15) is 4.79 Å². The second-order valence-corrected chi connectivity index (χ2v) is 11.4. The first kappa shape index (κ1) is 26.0. The average Bonchev–Trinajstić information content (AvgIpc) is 2.83. The van der Waals surface area contributed by atoms with Gasteiger partial charge in [0.25, 0.3) is 0 Å². The van der Waals surface area contributed by atoms with E-state index in [-0.39, 0.29) is 11.3 Å². The van der Waals surface area contributed by atoms with Gasteiger partial charge in [-0.3, -0.25) is 9.69 Å². The minimum Gasteiger partial charge on any atom is -0.492 e. The van der Waals surface area contributed by atoms with E-state index in [0.717, 1.165) is 69.9 Å². The van der Waals surface area contributed by atoms with Crippen LogP contribution < -0.4 is 4.74 Å². The van der Waals surface area contributed by atoms with Gasteiger partial charge in [0.05, 0.1) is 6.42 Å². The van der Waals surface area contributed by atoms with Crippen LogP contribution in [0.2, 0.25) is 5.02 Å². The van der Waals surface area contributed by atoms with E-state index < -0.39 is 0 Å². The lowest BCUT2D eigenvalue weighted by molar-refractivity contribution is -0.133. The number of hydrogen-bond acceptors (Lipinski definition) is 3. The fraction of sp³-hybridized carbons (Fsp3) is 0.567. The highest BCUT2D eigenvalue weighted by Crippen LogP contribution is 2.38. The number of carbonyl (C=O) groups is 1. The van der Waals surface area contributed by atoms with Crippen molar-refractivity contribution in [2.75, 3.05) is 39.3 Å². The summed E-state index contributed by atoms with van der Waals surface area (Å²) in [5.41, 5.74) is 2.65.